The predicted octanol–water partition coefficient (Wildman–Crippen LogP) is 1.87. The van der Waals surface area contributed by atoms with Crippen molar-refractivity contribution in [1.29, 1.82) is 0 Å². The lowest BCUT2D eigenvalue weighted by molar-refractivity contribution is -0.119. The maximum Gasteiger partial charge on any atom is 0.239 e. The Morgan fingerprint density at radius 1 is 1.65 bits per heavy atom. The molecule has 0 aliphatic heterocycles. The van der Waals surface area contributed by atoms with E-state index in [1.807, 2.05) is 24.9 Å². The van der Waals surface area contributed by atoms with Gasteiger partial charge in [0, 0.05) is 19.3 Å². The second-order valence-corrected chi connectivity index (χ2v) is 5.26. The number of likely N-dealkylation sites (N-methyl/N-ethyl adjacent to an activating group) is 1. The van der Waals surface area contributed by atoms with Gasteiger partial charge >= 0.3 is 0 Å². The number of hydrogen-bond donors (Lipinski definition) is 1. The van der Waals surface area contributed by atoms with Crippen molar-refractivity contribution in [2.75, 3.05) is 18.5 Å². The summed E-state index contributed by atoms with van der Waals surface area (Å²) in [6.45, 7) is 2.35. The minimum Gasteiger partial charge on any atom is -0.352 e. The van der Waals surface area contributed by atoms with Gasteiger partial charge in [-0.2, -0.15) is 0 Å². The highest BCUT2D eigenvalue weighted by molar-refractivity contribution is 9.10. The lowest BCUT2D eigenvalue weighted by Gasteiger charge is -2.19. The van der Waals surface area contributed by atoms with Gasteiger partial charge < -0.3 is 10.2 Å². The number of pyridine rings is 1. The van der Waals surface area contributed by atoms with Crippen LogP contribution in [0.25, 0.3) is 0 Å². The number of aryl methyl sites for hydroxylation is 1. The van der Waals surface area contributed by atoms with Crippen LogP contribution in [0.2, 0.25) is 0 Å². The molecule has 1 heterocycles. The summed E-state index contributed by atoms with van der Waals surface area (Å²) in [5.41, 5.74) is 1.12. The van der Waals surface area contributed by atoms with Crippen LogP contribution in [0.4, 0.5) is 5.82 Å². The van der Waals surface area contributed by atoms with Gasteiger partial charge in [0.2, 0.25) is 5.91 Å². The van der Waals surface area contributed by atoms with E-state index in [1.165, 1.54) is 0 Å². The molecule has 1 aliphatic rings. The van der Waals surface area contributed by atoms with Gasteiger partial charge in [0.15, 0.2) is 0 Å². The number of nitrogens with one attached hydrogen (secondary N) is 1. The number of hydrogen-bond acceptors (Lipinski definition) is 3. The normalized spacial score (nSPS) is 14.5. The molecule has 1 N–H and O–H groups in total. The Morgan fingerprint density at radius 2 is 2.35 bits per heavy atom. The van der Waals surface area contributed by atoms with Gasteiger partial charge in [0.1, 0.15) is 5.82 Å². The highest BCUT2D eigenvalue weighted by Crippen LogP contribution is 2.25. The fourth-order valence-corrected chi connectivity index (χ4v) is 2.12. The number of anilines is 1. The molecule has 0 unspecified atom stereocenters. The maximum absolute atomic E-state index is 11.7. The molecule has 2 rings (SSSR count). The number of amides is 1. The van der Waals surface area contributed by atoms with E-state index >= 15 is 0 Å². The first-order valence-electron chi connectivity index (χ1n) is 5.69. The molecular formula is C12H16BrN3O. The van der Waals surface area contributed by atoms with Crippen LogP contribution in [-0.4, -0.2) is 30.5 Å². The summed E-state index contributed by atoms with van der Waals surface area (Å²) in [5, 5.41) is 2.96. The van der Waals surface area contributed by atoms with Crippen molar-refractivity contribution in [2.24, 2.45) is 0 Å². The van der Waals surface area contributed by atoms with Crippen LogP contribution in [0, 0.1) is 6.92 Å². The van der Waals surface area contributed by atoms with Gasteiger partial charge in [-0.15, -0.1) is 0 Å². The topological polar surface area (TPSA) is 45.2 Å². The summed E-state index contributed by atoms with van der Waals surface area (Å²) in [6.07, 6.45) is 3.98. The quantitative estimate of drug-likeness (QED) is 0.923. The van der Waals surface area contributed by atoms with Crippen molar-refractivity contribution in [2.45, 2.75) is 25.8 Å². The summed E-state index contributed by atoms with van der Waals surface area (Å²) in [4.78, 5) is 17.8. The molecule has 17 heavy (non-hydrogen) atoms. The lowest BCUT2D eigenvalue weighted by Crippen LogP contribution is -2.36. The molecule has 1 fully saturated rings. The first kappa shape index (κ1) is 12.4. The summed E-state index contributed by atoms with van der Waals surface area (Å²) in [5.74, 6) is 0.862. The summed E-state index contributed by atoms with van der Waals surface area (Å²) < 4.78 is 0.946. The summed E-state index contributed by atoms with van der Waals surface area (Å²) in [6, 6.07) is 2.34. The SMILES string of the molecule is Cc1ccnc(N(C)CC(=O)NC2CC2)c1Br. The molecule has 0 atom stereocenters. The third-order valence-corrected chi connectivity index (χ3v) is 3.73. The van der Waals surface area contributed by atoms with Gasteiger partial charge in [-0.25, -0.2) is 4.98 Å². The van der Waals surface area contributed by atoms with E-state index in [9.17, 15) is 4.79 Å². The average molecular weight is 298 g/mol. The van der Waals surface area contributed by atoms with Crippen LogP contribution in [0.15, 0.2) is 16.7 Å². The molecule has 0 aromatic carbocycles. The van der Waals surface area contributed by atoms with Gasteiger partial charge in [-0.1, -0.05) is 0 Å². The molecule has 1 saturated carbocycles. The molecule has 92 valence electrons. The van der Waals surface area contributed by atoms with E-state index in [-0.39, 0.29) is 5.91 Å². The Kier molecular flexibility index (Phi) is 3.66. The zero-order valence-electron chi connectivity index (χ0n) is 10.0. The molecular weight excluding hydrogens is 282 g/mol. The zero-order valence-corrected chi connectivity index (χ0v) is 11.6. The van der Waals surface area contributed by atoms with Gasteiger partial charge in [-0.05, 0) is 47.3 Å². The highest BCUT2D eigenvalue weighted by Gasteiger charge is 2.24. The predicted molar refractivity (Wildman–Crippen MR) is 71.1 cm³/mol. The molecule has 4 nitrogen and oxygen atoms in total. The minimum atomic E-state index is 0.0604. The van der Waals surface area contributed by atoms with Crippen molar-refractivity contribution in [3.63, 3.8) is 0 Å². The van der Waals surface area contributed by atoms with E-state index < -0.39 is 0 Å². The molecule has 0 bridgehead atoms. The third-order valence-electron chi connectivity index (χ3n) is 2.75. The molecule has 0 spiro atoms. The van der Waals surface area contributed by atoms with Gasteiger partial charge in [0.25, 0.3) is 0 Å². The van der Waals surface area contributed by atoms with E-state index in [1.54, 1.807) is 6.20 Å². The first-order chi connectivity index (χ1) is 8.08. The number of carbonyl (C=O) groups excluding carboxylic acids is 1. The minimum absolute atomic E-state index is 0.0604. The Bertz CT molecular complexity index is 432. The number of halogens is 1. The second-order valence-electron chi connectivity index (χ2n) is 4.46. The number of aromatic nitrogens is 1. The van der Waals surface area contributed by atoms with Gasteiger partial charge in [-0.3, -0.25) is 4.79 Å². The number of rotatable bonds is 4. The molecule has 1 amide bonds. The highest BCUT2D eigenvalue weighted by atomic mass is 79.9. The van der Waals surface area contributed by atoms with Crippen LogP contribution in [-0.2, 0) is 4.79 Å². The van der Waals surface area contributed by atoms with E-state index in [0.717, 1.165) is 28.7 Å². The van der Waals surface area contributed by atoms with Crippen molar-refractivity contribution in [1.82, 2.24) is 10.3 Å². The summed E-state index contributed by atoms with van der Waals surface area (Å²) in [7, 11) is 1.87. The van der Waals surface area contributed by atoms with Crippen molar-refractivity contribution >= 4 is 27.7 Å². The largest absolute Gasteiger partial charge is 0.352 e. The molecule has 1 aromatic rings. The van der Waals surface area contributed by atoms with Crippen molar-refractivity contribution < 1.29 is 4.79 Å². The van der Waals surface area contributed by atoms with E-state index in [2.05, 4.69) is 26.2 Å². The van der Waals surface area contributed by atoms with Crippen LogP contribution in [0.5, 0.6) is 0 Å². The Hall–Kier alpha value is -1.10. The third kappa shape index (κ3) is 3.19. The fourth-order valence-electron chi connectivity index (χ4n) is 1.58. The smallest absolute Gasteiger partial charge is 0.239 e. The van der Waals surface area contributed by atoms with E-state index in [4.69, 9.17) is 0 Å². The Labute approximate surface area is 110 Å². The fraction of sp³-hybridized carbons (Fsp3) is 0.500. The Balaban J connectivity index is 2.00. The standard InChI is InChI=1S/C12H16BrN3O/c1-8-5-6-14-12(11(8)13)16(2)7-10(17)15-9-3-4-9/h5-6,9H,3-4,7H2,1-2H3,(H,15,17). The number of nitrogens with zero attached hydrogens (tertiary/aromatic N) is 2. The number of carbonyl (C=O) groups is 1. The van der Waals surface area contributed by atoms with Crippen molar-refractivity contribution in [3.05, 3.63) is 22.3 Å². The first-order valence-corrected chi connectivity index (χ1v) is 6.49. The maximum atomic E-state index is 11.7. The van der Waals surface area contributed by atoms with Crippen LogP contribution in [0.1, 0.15) is 18.4 Å². The molecule has 0 radical (unpaired) electrons. The molecule has 1 aromatic heterocycles. The molecule has 1 aliphatic carbocycles. The van der Waals surface area contributed by atoms with Crippen molar-refractivity contribution in [3.8, 4) is 0 Å². The van der Waals surface area contributed by atoms with Crippen LogP contribution >= 0.6 is 15.9 Å². The average Bonchev–Trinajstić information content (AvgIpc) is 3.05. The zero-order chi connectivity index (χ0) is 12.4. The lowest BCUT2D eigenvalue weighted by atomic mass is 10.3. The molecule has 0 saturated heterocycles. The Morgan fingerprint density at radius 3 is 3.00 bits per heavy atom. The second kappa shape index (κ2) is 5.04. The monoisotopic (exact) mass is 297 g/mol. The summed E-state index contributed by atoms with van der Waals surface area (Å²) >= 11 is 3.50. The van der Waals surface area contributed by atoms with Crippen LogP contribution < -0.4 is 10.2 Å². The van der Waals surface area contributed by atoms with E-state index in [0.29, 0.717) is 12.6 Å². The van der Waals surface area contributed by atoms with Crippen LogP contribution in [0.3, 0.4) is 0 Å². The van der Waals surface area contributed by atoms with Gasteiger partial charge in [0.05, 0.1) is 11.0 Å². The molecule has 5 heteroatoms.